The van der Waals surface area contributed by atoms with Crippen LogP contribution in [0.5, 0.6) is 0 Å². The average molecular weight is 332 g/mol. The molecule has 0 saturated heterocycles. The van der Waals surface area contributed by atoms with Gasteiger partial charge in [-0.25, -0.2) is 9.97 Å². The van der Waals surface area contributed by atoms with Gasteiger partial charge in [0, 0.05) is 49.4 Å². The minimum Gasteiger partial charge on any atom is -0.361 e. The van der Waals surface area contributed by atoms with E-state index in [1.54, 1.807) is 0 Å². The number of H-pyrrole nitrogens is 1. The lowest BCUT2D eigenvalue weighted by Crippen LogP contribution is -2.31. The molecular formula is C21H24N4. The molecule has 0 unspecified atom stereocenters. The first kappa shape index (κ1) is 15.1. The highest BCUT2D eigenvalue weighted by Crippen LogP contribution is 2.32. The molecule has 0 radical (unpaired) electrons. The van der Waals surface area contributed by atoms with Crippen LogP contribution in [0.25, 0.3) is 10.9 Å². The molecule has 1 aliphatic carbocycles. The normalized spacial score (nSPS) is 17.8. The zero-order valence-electron chi connectivity index (χ0n) is 14.8. The summed E-state index contributed by atoms with van der Waals surface area (Å²) >= 11 is 0. The van der Waals surface area contributed by atoms with Crippen molar-refractivity contribution in [2.75, 3.05) is 6.54 Å². The molecule has 1 saturated carbocycles. The van der Waals surface area contributed by atoms with Crippen molar-refractivity contribution in [3.8, 4) is 0 Å². The Labute approximate surface area is 148 Å². The van der Waals surface area contributed by atoms with E-state index in [9.17, 15) is 0 Å². The predicted octanol–water partition coefficient (Wildman–Crippen LogP) is 3.78. The Morgan fingerprint density at radius 1 is 1.28 bits per heavy atom. The highest BCUT2D eigenvalue weighted by molar-refractivity contribution is 5.85. The second-order valence-corrected chi connectivity index (χ2v) is 7.68. The third kappa shape index (κ3) is 2.95. The van der Waals surface area contributed by atoms with Crippen molar-refractivity contribution in [3.05, 3.63) is 58.8 Å². The maximum Gasteiger partial charge on any atom is 0.128 e. The van der Waals surface area contributed by atoms with Gasteiger partial charge in [0.2, 0.25) is 0 Å². The van der Waals surface area contributed by atoms with Crippen molar-refractivity contribution in [1.29, 1.82) is 0 Å². The fraction of sp³-hybridized carbons (Fsp3) is 0.429. The molecule has 0 bridgehead atoms. The Morgan fingerprint density at radius 2 is 2.20 bits per heavy atom. The zero-order chi connectivity index (χ0) is 16.8. The lowest BCUT2D eigenvalue weighted by atomic mass is 10.0. The molecule has 128 valence electrons. The number of hydrogen-bond acceptors (Lipinski definition) is 3. The first-order chi connectivity index (χ1) is 12.3. The number of nitrogens with zero attached hydrogens (tertiary/aromatic N) is 3. The summed E-state index contributed by atoms with van der Waals surface area (Å²) in [6, 6.07) is 6.54. The summed E-state index contributed by atoms with van der Waals surface area (Å²) in [6.45, 7) is 5.16. The number of nitrogens with one attached hydrogen (secondary N) is 1. The third-order valence-corrected chi connectivity index (χ3v) is 5.65. The maximum atomic E-state index is 4.89. The molecule has 25 heavy (non-hydrogen) atoms. The van der Waals surface area contributed by atoms with Crippen molar-refractivity contribution in [2.24, 2.45) is 5.92 Å². The van der Waals surface area contributed by atoms with Crippen molar-refractivity contribution in [1.82, 2.24) is 19.9 Å². The minimum atomic E-state index is 0.840. The van der Waals surface area contributed by atoms with Gasteiger partial charge >= 0.3 is 0 Å². The molecule has 1 aromatic carbocycles. The number of rotatable bonds is 4. The molecule has 0 spiro atoms. The minimum absolute atomic E-state index is 0.840. The summed E-state index contributed by atoms with van der Waals surface area (Å²) in [5.74, 6) is 1.89. The van der Waals surface area contributed by atoms with Crippen LogP contribution in [0.2, 0.25) is 0 Å². The van der Waals surface area contributed by atoms with Gasteiger partial charge in [-0.1, -0.05) is 18.2 Å². The van der Waals surface area contributed by atoms with Gasteiger partial charge in [-0.2, -0.15) is 0 Å². The van der Waals surface area contributed by atoms with E-state index in [-0.39, 0.29) is 0 Å². The Bertz CT molecular complexity index is 923. The van der Waals surface area contributed by atoms with Crippen LogP contribution < -0.4 is 0 Å². The lowest BCUT2D eigenvalue weighted by Gasteiger charge is -2.27. The highest BCUT2D eigenvalue weighted by atomic mass is 15.1. The maximum absolute atomic E-state index is 4.89. The molecule has 3 aromatic rings. The number of hydrogen-bond donors (Lipinski definition) is 1. The van der Waals surface area contributed by atoms with Crippen LogP contribution in [0.4, 0.5) is 0 Å². The van der Waals surface area contributed by atoms with E-state index in [1.807, 2.05) is 0 Å². The fourth-order valence-corrected chi connectivity index (χ4v) is 3.95. The molecular weight excluding hydrogens is 308 g/mol. The van der Waals surface area contributed by atoms with Crippen LogP contribution in [0.1, 0.15) is 41.1 Å². The van der Waals surface area contributed by atoms with Gasteiger partial charge in [-0.05, 0) is 48.8 Å². The van der Waals surface area contributed by atoms with E-state index in [1.165, 1.54) is 46.1 Å². The molecule has 4 nitrogen and oxygen atoms in total. The zero-order valence-corrected chi connectivity index (χ0v) is 14.8. The van der Waals surface area contributed by atoms with Gasteiger partial charge in [0.05, 0.1) is 5.69 Å². The number of para-hydroxylation sites is 1. The summed E-state index contributed by atoms with van der Waals surface area (Å²) in [6.07, 6.45) is 9.08. The molecule has 2 aliphatic rings. The first-order valence-electron chi connectivity index (χ1n) is 9.38. The topological polar surface area (TPSA) is 44.8 Å². The third-order valence-electron chi connectivity index (χ3n) is 5.65. The number of aryl methyl sites for hydroxylation is 1. The van der Waals surface area contributed by atoms with Crippen LogP contribution >= 0.6 is 0 Å². The highest BCUT2D eigenvalue weighted by Gasteiger charge is 2.24. The van der Waals surface area contributed by atoms with E-state index in [0.29, 0.717) is 0 Å². The number of benzene rings is 1. The molecule has 1 fully saturated rings. The molecule has 1 N–H and O–H groups in total. The van der Waals surface area contributed by atoms with Gasteiger partial charge in [0.25, 0.3) is 0 Å². The molecule has 5 rings (SSSR count). The summed E-state index contributed by atoms with van der Waals surface area (Å²) < 4.78 is 0. The van der Waals surface area contributed by atoms with Crippen LogP contribution in [0, 0.1) is 12.8 Å². The van der Waals surface area contributed by atoms with Gasteiger partial charge in [0.15, 0.2) is 0 Å². The monoisotopic (exact) mass is 332 g/mol. The lowest BCUT2D eigenvalue weighted by molar-refractivity contribution is 0.241. The van der Waals surface area contributed by atoms with E-state index in [0.717, 1.165) is 44.2 Å². The van der Waals surface area contributed by atoms with E-state index >= 15 is 0 Å². The summed E-state index contributed by atoms with van der Waals surface area (Å²) in [5, 5.41) is 1.35. The van der Waals surface area contributed by atoms with Gasteiger partial charge in [0.1, 0.15) is 5.82 Å². The van der Waals surface area contributed by atoms with Crippen LogP contribution in [-0.2, 0) is 25.9 Å². The Kier molecular flexibility index (Phi) is 3.59. The Balaban J connectivity index is 1.36. The SMILES string of the molecule is Cc1cccc2c(CN3CCc4cnc(CC5CC5)nc4C3)c[nH]c12. The quantitative estimate of drug-likeness (QED) is 0.791. The van der Waals surface area contributed by atoms with E-state index < -0.39 is 0 Å². The summed E-state index contributed by atoms with van der Waals surface area (Å²) in [5.41, 5.74) is 6.54. The van der Waals surface area contributed by atoms with E-state index in [2.05, 4.69) is 52.4 Å². The van der Waals surface area contributed by atoms with Crippen molar-refractivity contribution >= 4 is 10.9 Å². The van der Waals surface area contributed by atoms with Gasteiger partial charge in [-0.3, -0.25) is 4.90 Å². The summed E-state index contributed by atoms with van der Waals surface area (Å²) in [7, 11) is 0. The van der Waals surface area contributed by atoms with Gasteiger partial charge < -0.3 is 4.98 Å². The number of aromatic amines is 1. The van der Waals surface area contributed by atoms with Crippen LogP contribution in [-0.4, -0.2) is 26.4 Å². The standard InChI is InChI=1S/C21H24N4/c1-14-3-2-4-18-17(11-23-21(14)18)12-25-8-7-16-10-22-20(9-15-5-6-15)24-19(16)13-25/h2-4,10-11,15,23H,5-9,12-13H2,1H3. The van der Waals surface area contributed by atoms with Crippen molar-refractivity contribution in [2.45, 2.75) is 45.7 Å². The van der Waals surface area contributed by atoms with E-state index in [4.69, 9.17) is 4.98 Å². The van der Waals surface area contributed by atoms with Crippen molar-refractivity contribution < 1.29 is 0 Å². The molecule has 2 aromatic heterocycles. The molecule has 0 amide bonds. The average Bonchev–Trinajstić information content (AvgIpc) is 3.34. The van der Waals surface area contributed by atoms with Crippen molar-refractivity contribution in [3.63, 3.8) is 0 Å². The Morgan fingerprint density at radius 3 is 3.08 bits per heavy atom. The van der Waals surface area contributed by atoms with Crippen LogP contribution in [0.15, 0.2) is 30.6 Å². The first-order valence-corrected chi connectivity index (χ1v) is 9.38. The fourth-order valence-electron chi connectivity index (χ4n) is 3.95. The largest absolute Gasteiger partial charge is 0.361 e. The molecule has 0 atom stereocenters. The smallest absolute Gasteiger partial charge is 0.128 e. The molecule has 1 aliphatic heterocycles. The number of aromatic nitrogens is 3. The second-order valence-electron chi connectivity index (χ2n) is 7.68. The Hall–Kier alpha value is -2.20. The molecule has 3 heterocycles. The van der Waals surface area contributed by atoms with Gasteiger partial charge in [-0.15, -0.1) is 0 Å². The predicted molar refractivity (Wildman–Crippen MR) is 99.3 cm³/mol. The number of fused-ring (bicyclic) bond motifs is 2. The van der Waals surface area contributed by atoms with Crippen LogP contribution in [0.3, 0.4) is 0 Å². The second kappa shape index (κ2) is 5.95. The summed E-state index contributed by atoms with van der Waals surface area (Å²) in [4.78, 5) is 15.4. The molecule has 4 heteroatoms.